The SMILES string of the molecule is CCC1CCCCN1c1cc(C)nc(C)c1C#N. The van der Waals surface area contributed by atoms with Gasteiger partial charge in [-0.3, -0.25) is 4.98 Å². The highest BCUT2D eigenvalue weighted by Gasteiger charge is 2.24. The second-order valence-electron chi connectivity index (χ2n) is 5.11. The van der Waals surface area contributed by atoms with Crippen LogP contribution in [-0.2, 0) is 0 Å². The molecule has 0 N–H and O–H groups in total. The average molecular weight is 243 g/mol. The second-order valence-corrected chi connectivity index (χ2v) is 5.11. The molecule has 0 aliphatic carbocycles. The van der Waals surface area contributed by atoms with Crippen LogP contribution in [0.25, 0.3) is 0 Å². The van der Waals surface area contributed by atoms with Crippen LogP contribution in [0.2, 0.25) is 0 Å². The third kappa shape index (κ3) is 2.33. The Morgan fingerprint density at radius 3 is 2.89 bits per heavy atom. The Bertz CT molecular complexity index is 473. The first-order chi connectivity index (χ1) is 8.67. The van der Waals surface area contributed by atoms with E-state index in [4.69, 9.17) is 0 Å². The smallest absolute Gasteiger partial charge is 0.103 e. The van der Waals surface area contributed by atoms with Gasteiger partial charge in [0.25, 0.3) is 0 Å². The van der Waals surface area contributed by atoms with Gasteiger partial charge in [-0.05, 0) is 45.6 Å². The largest absolute Gasteiger partial charge is 0.367 e. The molecule has 1 atom stereocenters. The number of aryl methyl sites for hydroxylation is 2. The molecule has 1 unspecified atom stereocenters. The maximum absolute atomic E-state index is 9.36. The van der Waals surface area contributed by atoms with Crippen molar-refractivity contribution >= 4 is 5.69 Å². The lowest BCUT2D eigenvalue weighted by Crippen LogP contribution is -2.39. The van der Waals surface area contributed by atoms with E-state index in [1.807, 2.05) is 13.8 Å². The number of hydrogen-bond donors (Lipinski definition) is 0. The summed E-state index contributed by atoms with van der Waals surface area (Å²) in [5, 5.41) is 9.36. The van der Waals surface area contributed by atoms with E-state index >= 15 is 0 Å². The molecule has 2 heterocycles. The summed E-state index contributed by atoms with van der Waals surface area (Å²) >= 11 is 0. The van der Waals surface area contributed by atoms with Crippen LogP contribution in [0, 0.1) is 25.2 Å². The van der Waals surface area contributed by atoms with Crippen LogP contribution in [0.1, 0.15) is 49.6 Å². The zero-order chi connectivity index (χ0) is 13.1. The average Bonchev–Trinajstić information content (AvgIpc) is 2.38. The topological polar surface area (TPSA) is 39.9 Å². The van der Waals surface area contributed by atoms with Crippen molar-refractivity contribution in [2.45, 2.75) is 52.5 Å². The maximum Gasteiger partial charge on any atom is 0.103 e. The first kappa shape index (κ1) is 12.9. The fraction of sp³-hybridized carbons (Fsp3) is 0.600. The summed E-state index contributed by atoms with van der Waals surface area (Å²) in [5.41, 5.74) is 3.70. The summed E-state index contributed by atoms with van der Waals surface area (Å²) in [6, 6.07) is 4.97. The molecule has 0 saturated carbocycles. The van der Waals surface area contributed by atoms with Gasteiger partial charge in [0.05, 0.1) is 16.9 Å². The zero-order valence-electron chi connectivity index (χ0n) is 11.5. The number of pyridine rings is 1. The molecule has 0 radical (unpaired) electrons. The molecule has 0 amide bonds. The molecule has 2 rings (SSSR count). The van der Waals surface area contributed by atoms with E-state index in [-0.39, 0.29) is 0 Å². The molecule has 1 aliphatic rings. The minimum Gasteiger partial charge on any atom is -0.367 e. The number of nitriles is 1. The monoisotopic (exact) mass is 243 g/mol. The van der Waals surface area contributed by atoms with Gasteiger partial charge in [-0.1, -0.05) is 6.92 Å². The van der Waals surface area contributed by atoms with Gasteiger partial charge in [0, 0.05) is 18.3 Å². The lowest BCUT2D eigenvalue weighted by atomic mass is 9.97. The lowest BCUT2D eigenvalue weighted by Gasteiger charge is -2.38. The van der Waals surface area contributed by atoms with Gasteiger partial charge in [0.1, 0.15) is 6.07 Å². The van der Waals surface area contributed by atoms with Crippen molar-refractivity contribution in [1.29, 1.82) is 5.26 Å². The summed E-state index contributed by atoms with van der Waals surface area (Å²) in [7, 11) is 0. The number of aromatic nitrogens is 1. The van der Waals surface area contributed by atoms with Gasteiger partial charge in [0.2, 0.25) is 0 Å². The van der Waals surface area contributed by atoms with Gasteiger partial charge in [-0.15, -0.1) is 0 Å². The van der Waals surface area contributed by atoms with E-state index in [1.165, 1.54) is 19.3 Å². The third-order valence-electron chi connectivity index (χ3n) is 3.83. The van der Waals surface area contributed by atoms with Crippen molar-refractivity contribution in [2.24, 2.45) is 0 Å². The third-order valence-corrected chi connectivity index (χ3v) is 3.83. The summed E-state index contributed by atoms with van der Waals surface area (Å²) in [5.74, 6) is 0. The quantitative estimate of drug-likeness (QED) is 0.799. The van der Waals surface area contributed by atoms with Crippen LogP contribution in [-0.4, -0.2) is 17.6 Å². The summed E-state index contributed by atoms with van der Waals surface area (Å²) in [6.45, 7) is 7.23. The molecular formula is C15H21N3. The fourth-order valence-electron chi connectivity index (χ4n) is 2.91. The number of nitrogens with zero attached hydrogens (tertiary/aromatic N) is 3. The van der Waals surface area contributed by atoms with E-state index in [0.717, 1.165) is 35.6 Å². The second kappa shape index (κ2) is 5.39. The molecule has 3 heteroatoms. The van der Waals surface area contributed by atoms with Gasteiger partial charge in [-0.2, -0.15) is 5.26 Å². The van der Waals surface area contributed by atoms with Crippen LogP contribution in [0.4, 0.5) is 5.69 Å². The molecule has 96 valence electrons. The number of rotatable bonds is 2. The number of piperidine rings is 1. The Morgan fingerprint density at radius 1 is 1.44 bits per heavy atom. The minimum absolute atomic E-state index is 0.576. The molecule has 0 aromatic carbocycles. The highest BCUT2D eigenvalue weighted by atomic mass is 15.2. The Morgan fingerprint density at radius 2 is 2.22 bits per heavy atom. The first-order valence-corrected chi connectivity index (χ1v) is 6.82. The number of anilines is 1. The lowest BCUT2D eigenvalue weighted by molar-refractivity contribution is 0.449. The highest BCUT2D eigenvalue weighted by molar-refractivity contribution is 5.62. The van der Waals surface area contributed by atoms with Crippen molar-refractivity contribution in [1.82, 2.24) is 4.98 Å². The molecule has 1 saturated heterocycles. The van der Waals surface area contributed by atoms with E-state index in [0.29, 0.717) is 6.04 Å². The number of hydrogen-bond acceptors (Lipinski definition) is 3. The van der Waals surface area contributed by atoms with Gasteiger partial charge < -0.3 is 4.90 Å². The summed E-state index contributed by atoms with van der Waals surface area (Å²) in [4.78, 5) is 6.82. The Hall–Kier alpha value is -1.56. The Labute approximate surface area is 109 Å². The van der Waals surface area contributed by atoms with Crippen molar-refractivity contribution in [3.05, 3.63) is 23.0 Å². The zero-order valence-corrected chi connectivity index (χ0v) is 11.5. The predicted octanol–water partition coefficient (Wildman–Crippen LogP) is 3.34. The van der Waals surface area contributed by atoms with Crippen LogP contribution in [0.5, 0.6) is 0 Å². The molecule has 0 bridgehead atoms. The predicted molar refractivity (Wildman–Crippen MR) is 73.7 cm³/mol. The van der Waals surface area contributed by atoms with E-state index in [2.05, 4.69) is 28.9 Å². The van der Waals surface area contributed by atoms with E-state index in [9.17, 15) is 5.26 Å². The van der Waals surface area contributed by atoms with Crippen molar-refractivity contribution in [3.8, 4) is 6.07 Å². The van der Waals surface area contributed by atoms with E-state index < -0.39 is 0 Å². The molecule has 0 spiro atoms. The normalized spacial score (nSPS) is 19.7. The van der Waals surface area contributed by atoms with Crippen LogP contribution in [0.3, 0.4) is 0 Å². The summed E-state index contributed by atoms with van der Waals surface area (Å²) < 4.78 is 0. The molecule has 1 aromatic heterocycles. The van der Waals surface area contributed by atoms with Crippen LogP contribution < -0.4 is 4.90 Å². The molecular weight excluding hydrogens is 222 g/mol. The molecule has 1 fully saturated rings. The van der Waals surface area contributed by atoms with Gasteiger partial charge >= 0.3 is 0 Å². The Kier molecular flexibility index (Phi) is 3.86. The van der Waals surface area contributed by atoms with E-state index in [1.54, 1.807) is 0 Å². The van der Waals surface area contributed by atoms with Crippen molar-refractivity contribution in [3.63, 3.8) is 0 Å². The van der Waals surface area contributed by atoms with Gasteiger partial charge in [-0.25, -0.2) is 0 Å². The molecule has 1 aromatic rings. The highest BCUT2D eigenvalue weighted by Crippen LogP contribution is 2.30. The molecule has 3 nitrogen and oxygen atoms in total. The summed E-state index contributed by atoms with van der Waals surface area (Å²) in [6.07, 6.45) is 4.91. The molecule has 18 heavy (non-hydrogen) atoms. The minimum atomic E-state index is 0.576. The first-order valence-electron chi connectivity index (χ1n) is 6.82. The Balaban J connectivity index is 2.45. The van der Waals surface area contributed by atoms with Crippen molar-refractivity contribution in [2.75, 3.05) is 11.4 Å². The van der Waals surface area contributed by atoms with Crippen molar-refractivity contribution < 1.29 is 0 Å². The van der Waals surface area contributed by atoms with Crippen LogP contribution in [0.15, 0.2) is 6.07 Å². The van der Waals surface area contributed by atoms with Gasteiger partial charge in [0.15, 0.2) is 0 Å². The molecule has 1 aliphatic heterocycles. The van der Waals surface area contributed by atoms with Crippen LogP contribution >= 0.6 is 0 Å². The fourth-order valence-corrected chi connectivity index (χ4v) is 2.91. The standard InChI is InChI=1S/C15H21N3/c1-4-13-7-5-6-8-18(13)15-9-11(2)17-12(3)14(15)10-16/h9,13H,4-8H2,1-3H3. The maximum atomic E-state index is 9.36.